The third-order valence-corrected chi connectivity index (χ3v) is 4.38. The zero-order valence-electron chi connectivity index (χ0n) is 13.7. The minimum Gasteiger partial charge on any atom is -0.352 e. The number of amides is 1. The Morgan fingerprint density at radius 3 is 2.48 bits per heavy atom. The predicted molar refractivity (Wildman–Crippen MR) is 94.0 cm³/mol. The third-order valence-electron chi connectivity index (χ3n) is 4.38. The second kappa shape index (κ2) is 7.42. The maximum absolute atomic E-state index is 11.2. The highest BCUT2D eigenvalue weighted by Crippen LogP contribution is 2.20. The Morgan fingerprint density at radius 2 is 1.78 bits per heavy atom. The van der Waals surface area contributed by atoms with Gasteiger partial charge in [0.1, 0.15) is 0 Å². The van der Waals surface area contributed by atoms with Crippen LogP contribution < -0.4 is 5.32 Å². The van der Waals surface area contributed by atoms with Gasteiger partial charge in [-0.05, 0) is 36.1 Å². The smallest absolute Gasteiger partial charge is 0.217 e. The minimum absolute atomic E-state index is 0.0732. The molecule has 120 valence electrons. The lowest BCUT2D eigenvalue weighted by molar-refractivity contribution is -0.120. The topological polar surface area (TPSA) is 32.3 Å². The minimum atomic E-state index is 0.0732. The number of nitrogens with one attached hydrogen (secondary N) is 1. The zero-order chi connectivity index (χ0) is 16.1. The highest BCUT2D eigenvalue weighted by Gasteiger charge is 2.20. The van der Waals surface area contributed by atoms with Gasteiger partial charge in [0.05, 0.1) is 0 Å². The van der Waals surface area contributed by atoms with E-state index in [9.17, 15) is 4.79 Å². The fourth-order valence-electron chi connectivity index (χ4n) is 3.30. The molecule has 1 aliphatic heterocycles. The molecule has 0 bridgehead atoms. The Kier molecular flexibility index (Phi) is 5.09. The third kappa shape index (κ3) is 4.42. The number of hydrogen-bond acceptors (Lipinski definition) is 2. The number of benzene rings is 2. The Hall–Kier alpha value is -2.13. The van der Waals surface area contributed by atoms with Crippen molar-refractivity contribution in [1.82, 2.24) is 10.2 Å². The van der Waals surface area contributed by atoms with E-state index in [4.69, 9.17) is 0 Å². The number of piperidine rings is 1. The number of carbonyl (C=O) groups is 1. The molecule has 1 atom stereocenters. The van der Waals surface area contributed by atoms with E-state index in [1.807, 2.05) is 6.07 Å². The average Bonchev–Trinajstić information content (AvgIpc) is 2.56. The molecule has 2 aromatic rings. The van der Waals surface area contributed by atoms with Gasteiger partial charge in [-0.1, -0.05) is 54.6 Å². The highest BCUT2D eigenvalue weighted by atomic mass is 16.1. The van der Waals surface area contributed by atoms with Crippen LogP contribution in [0.4, 0.5) is 0 Å². The summed E-state index contributed by atoms with van der Waals surface area (Å²) < 4.78 is 0. The SMILES string of the molecule is CC(=O)NC1CCCN(Cc2ccc(-c3ccccc3)cc2)C1. The van der Waals surface area contributed by atoms with E-state index < -0.39 is 0 Å². The summed E-state index contributed by atoms with van der Waals surface area (Å²) in [6, 6.07) is 19.6. The second-order valence-corrected chi connectivity index (χ2v) is 6.34. The first-order valence-corrected chi connectivity index (χ1v) is 8.34. The maximum Gasteiger partial charge on any atom is 0.217 e. The Morgan fingerprint density at radius 1 is 1.09 bits per heavy atom. The number of carbonyl (C=O) groups excluding carboxylic acids is 1. The van der Waals surface area contributed by atoms with E-state index in [1.54, 1.807) is 6.92 Å². The summed E-state index contributed by atoms with van der Waals surface area (Å²) in [6.45, 7) is 4.60. The van der Waals surface area contributed by atoms with E-state index in [1.165, 1.54) is 16.7 Å². The van der Waals surface area contributed by atoms with Gasteiger partial charge in [0.15, 0.2) is 0 Å². The van der Waals surface area contributed by atoms with Crippen molar-refractivity contribution < 1.29 is 4.79 Å². The molecule has 1 unspecified atom stereocenters. The van der Waals surface area contributed by atoms with Crippen LogP contribution in [0.2, 0.25) is 0 Å². The number of rotatable bonds is 4. The lowest BCUT2D eigenvalue weighted by Gasteiger charge is -2.33. The summed E-state index contributed by atoms with van der Waals surface area (Å²) in [5.41, 5.74) is 3.83. The molecule has 2 aromatic carbocycles. The van der Waals surface area contributed by atoms with Crippen LogP contribution in [0.3, 0.4) is 0 Å². The molecule has 1 fully saturated rings. The molecule has 1 amide bonds. The van der Waals surface area contributed by atoms with Crippen molar-refractivity contribution in [3.8, 4) is 11.1 Å². The van der Waals surface area contributed by atoms with Crippen molar-refractivity contribution in [1.29, 1.82) is 0 Å². The Labute approximate surface area is 138 Å². The standard InChI is InChI=1S/C20H24N2O/c1-16(23)21-20-8-5-13-22(15-20)14-17-9-11-19(12-10-17)18-6-3-2-4-7-18/h2-4,6-7,9-12,20H,5,8,13-15H2,1H3,(H,21,23). The van der Waals surface area contributed by atoms with Crippen LogP contribution in [0, 0.1) is 0 Å². The van der Waals surface area contributed by atoms with Crippen molar-refractivity contribution in [2.24, 2.45) is 0 Å². The first-order valence-electron chi connectivity index (χ1n) is 8.34. The van der Waals surface area contributed by atoms with Crippen LogP contribution in [-0.2, 0) is 11.3 Å². The molecule has 3 nitrogen and oxygen atoms in total. The van der Waals surface area contributed by atoms with Gasteiger partial charge >= 0.3 is 0 Å². The monoisotopic (exact) mass is 308 g/mol. The van der Waals surface area contributed by atoms with Crippen LogP contribution in [0.5, 0.6) is 0 Å². The summed E-state index contributed by atoms with van der Waals surface area (Å²) >= 11 is 0. The Bertz CT molecular complexity index is 636. The van der Waals surface area contributed by atoms with E-state index in [0.29, 0.717) is 6.04 Å². The zero-order valence-corrected chi connectivity index (χ0v) is 13.7. The maximum atomic E-state index is 11.2. The van der Waals surface area contributed by atoms with Crippen molar-refractivity contribution in [3.63, 3.8) is 0 Å². The molecular weight excluding hydrogens is 284 g/mol. The molecule has 1 N–H and O–H groups in total. The van der Waals surface area contributed by atoms with Crippen LogP contribution in [-0.4, -0.2) is 29.9 Å². The highest BCUT2D eigenvalue weighted by molar-refractivity contribution is 5.73. The van der Waals surface area contributed by atoms with Crippen LogP contribution in [0.1, 0.15) is 25.3 Å². The van der Waals surface area contributed by atoms with Crippen molar-refractivity contribution in [2.45, 2.75) is 32.4 Å². The molecule has 23 heavy (non-hydrogen) atoms. The lowest BCUT2D eigenvalue weighted by Crippen LogP contribution is -2.46. The van der Waals surface area contributed by atoms with Gasteiger partial charge in [-0.3, -0.25) is 9.69 Å². The van der Waals surface area contributed by atoms with Gasteiger partial charge < -0.3 is 5.32 Å². The number of hydrogen-bond donors (Lipinski definition) is 1. The first kappa shape index (κ1) is 15.8. The molecule has 1 saturated heterocycles. The molecular formula is C20H24N2O. The summed E-state index contributed by atoms with van der Waals surface area (Å²) in [7, 11) is 0. The number of nitrogens with zero attached hydrogens (tertiary/aromatic N) is 1. The van der Waals surface area contributed by atoms with Crippen LogP contribution >= 0.6 is 0 Å². The summed E-state index contributed by atoms with van der Waals surface area (Å²) in [5, 5.41) is 3.05. The van der Waals surface area contributed by atoms with Gasteiger partial charge in [-0.15, -0.1) is 0 Å². The van der Waals surface area contributed by atoms with E-state index in [2.05, 4.69) is 58.7 Å². The summed E-state index contributed by atoms with van der Waals surface area (Å²) in [5.74, 6) is 0.0732. The van der Waals surface area contributed by atoms with Crippen LogP contribution in [0.25, 0.3) is 11.1 Å². The Balaban J connectivity index is 1.61. The molecule has 0 aliphatic carbocycles. The quantitative estimate of drug-likeness (QED) is 0.938. The van der Waals surface area contributed by atoms with Gasteiger partial charge in [0.2, 0.25) is 5.91 Å². The van der Waals surface area contributed by atoms with Gasteiger partial charge in [-0.25, -0.2) is 0 Å². The molecule has 3 rings (SSSR count). The largest absolute Gasteiger partial charge is 0.352 e. The molecule has 3 heteroatoms. The van der Waals surface area contributed by atoms with Gasteiger partial charge in [-0.2, -0.15) is 0 Å². The summed E-state index contributed by atoms with van der Waals surface area (Å²) in [6.07, 6.45) is 2.23. The molecule has 0 radical (unpaired) electrons. The molecule has 1 heterocycles. The van der Waals surface area contributed by atoms with Gasteiger partial charge in [0.25, 0.3) is 0 Å². The van der Waals surface area contributed by atoms with E-state index in [0.717, 1.165) is 32.5 Å². The van der Waals surface area contributed by atoms with E-state index in [-0.39, 0.29) is 5.91 Å². The first-order chi connectivity index (χ1) is 11.2. The van der Waals surface area contributed by atoms with E-state index >= 15 is 0 Å². The predicted octanol–water partition coefficient (Wildman–Crippen LogP) is 3.45. The average molecular weight is 308 g/mol. The fraction of sp³-hybridized carbons (Fsp3) is 0.350. The van der Waals surface area contributed by atoms with Crippen molar-refractivity contribution in [2.75, 3.05) is 13.1 Å². The molecule has 0 spiro atoms. The van der Waals surface area contributed by atoms with Crippen molar-refractivity contribution >= 4 is 5.91 Å². The molecule has 1 aliphatic rings. The van der Waals surface area contributed by atoms with Crippen molar-refractivity contribution in [3.05, 3.63) is 60.2 Å². The summed E-state index contributed by atoms with van der Waals surface area (Å²) in [4.78, 5) is 13.7. The van der Waals surface area contributed by atoms with Crippen LogP contribution in [0.15, 0.2) is 54.6 Å². The number of likely N-dealkylation sites (tertiary alicyclic amines) is 1. The molecule has 0 aromatic heterocycles. The lowest BCUT2D eigenvalue weighted by atomic mass is 10.0. The fourth-order valence-corrected chi connectivity index (χ4v) is 3.30. The van der Waals surface area contributed by atoms with Gasteiger partial charge in [0, 0.05) is 26.1 Å². The second-order valence-electron chi connectivity index (χ2n) is 6.34. The molecule has 0 saturated carbocycles. The normalized spacial score (nSPS) is 18.6.